The summed E-state index contributed by atoms with van der Waals surface area (Å²) in [6, 6.07) is 1.66. The minimum atomic E-state index is -1.44. The Bertz CT molecular complexity index is 436. The largest absolute Gasteiger partial charge is 0.271 e. The summed E-state index contributed by atoms with van der Waals surface area (Å²) in [5.74, 6) is 2.17. The minimum absolute atomic E-state index is 0.0758. The maximum absolute atomic E-state index is 13.7. The first-order chi connectivity index (χ1) is 9.13. The number of hydrogen-bond acceptors (Lipinski definition) is 3. The van der Waals surface area contributed by atoms with E-state index in [1.165, 1.54) is 18.9 Å². The molecule has 1 aliphatic rings. The lowest BCUT2D eigenvalue weighted by molar-refractivity contribution is 0.431. The van der Waals surface area contributed by atoms with Gasteiger partial charge in [-0.1, -0.05) is 18.9 Å². The smallest absolute Gasteiger partial charge is 0.194 e. The van der Waals surface area contributed by atoms with Gasteiger partial charge in [0.2, 0.25) is 0 Å². The SMILES string of the molecule is NNC(CSC1CCCC1)c1ccc(F)c(F)c1F. The molecular formula is C13H17F3N2S. The lowest BCUT2D eigenvalue weighted by Gasteiger charge is -2.19. The molecule has 1 aromatic rings. The van der Waals surface area contributed by atoms with Crippen LogP contribution < -0.4 is 11.3 Å². The quantitative estimate of drug-likeness (QED) is 0.496. The Hall–Kier alpha value is -0.720. The van der Waals surface area contributed by atoms with Gasteiger partial charge in [-0.2, -0.15) is 11.8 Å². The lowest BCUT2D eigenvalue weighted by atomic mass is 10.1. The van der Waals surface area contributed by atoms with Crippen molar-refractivity contribution in [3.63, 3.8) is 0 Å². The molecule has 1 saturated carbocycles. The van der Waals surface area contributed by atoms with Gasteiger partial charge in [-0.05, 0) is 18.9 Å². The van der Waals surface area contributed by atoms with Crippen molar-refractivity contribution in [2.45, 2.75) is 37.0 Å². The monoisotopic (exact) mass is 290 g/mol. The van der Waals surface area contributed by atoms with Crippen molar-refractivity contribution in [1.82, 2.24) is 5.43 Å². The second kappa shape index (κ2) is 6.63. The fourth-order valence-electron chi connectivity index (χ4n) is 2.32. The van der Waals surface area contributed by atoms with Crippen LogP contribution in [0.5, 0.6) is 0 Å². The van der Waals surface area contributed by atoms with Crippen molar-refractivity contribution in [2.24, 2.45) is 5.84 Å². The number of nitrogens with one attached hydrogen (secondary N) is 1. The van der Waals surface area contributed by atoms with Crippen molar-refractivity contribution in [2.75, 3.05) is 5.75 Å². The Morgan fingerprint density at radius 2 is 1.89 bits per heavy atom. The van der Waals surface area contributed by atoms with E-state index in [1.807, 2.05) is 0 Å². The van der Waals surface area contributed by atoms with Gasteiger partial charge in [0.1, 0.15) is 0 Å². The standard InChI is InChI=1S/C13H17F3N2S/c14-10-6-5-9(12(15)13(10)16)11(18-17)7-19-8-3-1-2-4-8/h5-6,8,11,18H,1-4,7,17H2. The molecule has 1 unspecified atom stereocenters. The van der Waals surface area contributed by atoms with Crippen molar-refractivity contribution >= 4 is 11.8 Å². The molecule has 0 heterocycles. The van der Waals surface area contributed by atoms with Gasteiger partial charge in [-0.3, -0.25) is 11.3 Å². The van der Waals surface area contributed by atoms with E-state index in [0.29, 0.717) is 11.0 Å². The van der Waals surface area contributed by atoms with Gasteiger partial charge in [-0.25, -0.2) is 13.2 Å². The zero-order valence-corrected chi connectivity index (χ0v) is 11.3. The Morgan fingerprint density at radius 3 is 2.53 bits per heavy atom. The van der Waals surface area contributed by atoms with Gasteiger partial charge in [0.15, 0.2) is 17.5 Å². The summed E-state index contributed by atoms with van der Waals surface area (Å²) < 4.78 is 39.8. The van der Waals surface area contributed by atoms with Gasteiger partial charge in [0.25, 0.3) is 0 Å². The molecule has 1 atom stereocenters. The first kappa shape index (κ1) is 14.7. The van der Waals surface area contributed by atoms with E-state index in [0.717, 1.165) is 18.9 Å². The van der Waals surface area contributed by atoms with Crippen LogP contribution in [0.25, 0.3) is 0 Å². The van der Waals surface area contributed by atoms with E-state index < -0.39 is 23.5 Å². The number of rotatable bonds is 5. The highest BCUT2D eigenvalue weighted by Crippen LogP contribution is 2.32. The fourth-order valence-corrected chi connectivity index (χ4v) is 3.73. The summed E-state index contributed by atoms with van der Waals surface area (Å²) in [4.78, 5) is 0. The summed E-state index contributed by atoms with van der Waals surface area (Å²) in [7, 11) is 0. The van der Waals surface area contributed by atoms with E-state index in [4.69, 9.17) is 5.84 Å². The molecule has 1 aromatic carbocycles. The van der Waals surface area contributed by atoms with Crippen LogP contribution in [0.4, 0.5) is 13.2 Å². The lowest BCUT2D eigenvalue weighted by Crippen LogP contribution is -2.31. The minimum Gasteiger partial charge on any atom is -0.271 e. The summed E-state index contributed by atoms with van der Waals surface area (Å²) in [5.41, 5.74) is 2.56. The van der Waals surface area contributed by atoms with E-state index in [-0.39, 0.29) is 5.56 Å². The van der Waals surface area contributed by atoms with E-state index in [1.54, 1.807) is 11.8 Å². The van der Waals surface area contributed by atoms with Crippen molar-refractivity contribution in [3.8, 4) is 0 Å². The van der Waals surface area contributed by atoms with Gasteiger partial charge < -0.3 is 0 Å². The summed E-state index contributed by atoms with van der Waals surface area (Å²) in [5, 5.41) is 0.559. The van der Waals surface area contributed by atoms with Crippen LogP contribution >= 0.6 is 11.8 Å². The first-order valence-corrected chi connectivity index (χ1v) is 7.39. The Kier molecular flexibility index (Phi) is 5.13. The van der Waals surface area contributed by atoms with Crippen LogP contribution in [-0.2, 0) is 0 Å². The zero-order valence-electron chi connectivity index (χ0n) is 10.5. The third kappa shape index (κ3) is 3.43. The number of hydrogen-bond donors (Lipinski definition) is 2. The topological polar surface area (TPSA) is 38.0 Å². The average molecular weight is 290 g/mol. The molecule has 0 saturated heterocycles. The Balaban J connectivity index is 2.06. The van der Waals surface area contributed by atoms with Gasteiger partial charge in [-0.15, -0.1) is 0 Å². The molecule has 2 rings (SSSR count). The second-order valence-electron chi connectivity index (χ2n) is 4.72. The summed E-state index contributed by atoms with van der Waals surface area (Å²) in [6.45, 7) is 0. The number of thioether (sulfide) groups is 1. The molecule has 1 aliphatic carbocycles. The molecule has 19 heavy (non-hydrogen) atoms. The molecule has 0 aliphatic heterocycles. The molecule has 106 valence electrons. The van der Waals surface area contributed by atoms with Crippen LogP contribution in [0.3, 0.4) is 0 Å². The van der Waals surface area contributed by atoms with Crippen molar-refractivity contribution < 1.29 is 13.2 Å². The molecular weight excluding hydrogens is 273 g/mol. The zero-order chi connectivity index (χ0) is 13.8. The third-order valence-electron chi connectivity index (χ3n) is 3.44. The van der Waals surface area contributed by atoms with E-state index in [2.05, 4.69) is 5.43 Å². The van der Waals surface area contributed by atoms with Crippen molar-refractivity contribution in [1.29, 1.82) is 0 Å². The van der Waals surface area contributed by atoms with Gasteiger partial charge >= 0.3 is 0 Å². The third-order valence-corrected chi connectivity index (χ3v) is 4.91. The van der Waals surface area contributed by atoms with Crippen LogP contribution in [-0.4, -0.2) is 11.0 Å². The summed E-state index contributed by atoms with van der Waals surface area (Å²) >= 11 is 1.70. The Labute approximate surface area is 114 Å². The maximum Gasteiger partial charge on any atom is 0.194 e. The molecule has 2 nitrogen and oxygen atoms in total. The number of halogens is 3. The molecule has 3 N–H and O–H groups in total. The van der Waals surface area contributed by atoms with Gasteiger partial charge in [0.05, 0.1) is 6.04 Å². The second-order valence-corrected chi connectivity index (χ2v) is 6.06. The predicted molar refractivity (Wildman–Crippen MR) is 71.1 cm³/mol. The number of benzene rings is 1. The fraction of sp³-hybridized carbons (Fsp3) is 0.538. The molecule has 0 bridgehead atoms. The maximum atomic E-state index is 13.7. The summed E-state index contributed by atoms with van der Waals surface area (Å²) in [6.07, 6.45) is 4.75. The molecule has 0 spiro atoms. The van der Waals surface area contributed by atoms with Crippen LogP contribution in [0, 0.1) is 17.5 Å². The number of nitrogens with two attached hydrogens (primary N) is 1. The molecule has 6 heteroatoms. The molecule has 0 amide bonds. The highest BCUT2D eigenvalue weighted by Gasteiger charge is 2.22. The highest BCUT2D eigenvalue weighted by atomic mass is 32.2. The normalized spacial score (nSPS) is 17.9. The number of hydrazine groups is 1. The van der Waals surface area contributed by atoms with E-state index >= 15 is 0 Å². The molecule has 0 radical (unpaired) electrons. The molecule has 1 fully saturated rings. The average Bonchev–Trinajstić information content (AvgIpc) is 2.92. The van der Waals surface area contributed by atoms with Crippen LogP contribution in [0.15, 0.2) is 12.1 Å². The molecule has 0 aromatic heterocycles. The van der Waals surface area contributed by atoms with Crippen LogP contribution in [0.2, 0.25) is 0 Å². The highest BCUT2D eigenvalue weighted by molar-refractivity contribution is 7.99. The van der Waals surface area contributed by atoms with E-state index in [9.17, 15) is 13.2 Å². The first-order valence-electron chi connectivity index (χ1n) is 6.34. The van der Waals surface area contributed by atoms with Crippen LogP contribution in [0.1, 0.15) is 37.3 Å². The Morgan fingerprint density at radius 1 is 1.21 bits per heavy atom. The van der Waals surface area contributed by atoms with Gasteiger partial charge in [0, 0.05) is 16.6 Å². The predicted octanol–water partition coefficient (Wildman–Crippen LogP) is 3.28. The van der Waals surface area contributed by atoms with Crippen molar-refractivity contribution in [3.05, 3.63) is 35.1 Å².